The lowest BCUT2D eigenvalue weighted by Crippen LogP contribution is -2.50. The second kappa shape index (κ2) is 13.1. The molecule has 0 atom stereocenters. The number of nitrogens with one attached hydrogen (secondary N) is 3. The number of nitrogens with zero attached hydrogens (tertiary/aromatic N) is 2. The van der Waals surface area contributed by atoms with Crippen molar-refractivity contribution in [1.29, 1.82) is 0 Å². The number of imide groups is 1. The van der Waals surface area contributed by atoms with Crippen LogP contribution in [0.5, 0.6) is 0 Å². The lowest BCUT2D eigenvalue weighted by molar-refractivity contribution is -0.147. The Hall–Kier alpha value is -2.38. The van der Waals surface area contributed by atoms with Gasteiger partial charge in [-0.2, -0.15) is 0 Å². The monoisotopic (exact) mass is 508 g/mol. The fraction of sp³-hybridized carbons (Fsp3) is 0.609. The standard InChI is InChI=1S/C23H36N6O5S/c24-35(33,34)20-7-3-18(4-8-20)9-10-26-21(30)17-29(23(32)16-27-19-5-6-19)22(31)15-25-11-14-28-12-1-2-13-28/h3-4,7-8,19,25,27H,1-2,5-6,9-17H2,(H,26,30)(H2,24,33,34). The molecule has 35 heavy (non-hydrogen) atoms. The van der Waals surface area contributed by atoms with Gasteiger partial charge in [0.1, 0.15) is 6.54 Å². The highest BCUT2D eigenvalue weighted by Crippen LogP contribution is 2.18. The van der Waals surface area contributed by atoms with E-state index in [1.165, 1.54) is 25.0 Å². The number of hydrogen-bond donors (Lipinski definition) is 4. The van der Waals surface area contributed by atoms with Gasteiger partial charge in [-0.25, -0.2) is 13.6 Å². The first kappa shape index (κ1) is 27.2. The van der Waals surface area contributed by atoms with Crippen LogP contribution in [0.4, 0.5) is 0 Å². The summed E-state index contributed by atoms with van der Waals surface area (Å²) in [5.74, 6) is -1.28. The maximum atomic E-state index is 12.7. The Morgan fingerprint density at radius 3 is 2.29 bits per heavy atom. The van der Waals surface area contributed by atoms with E-state index >= 15 is 0 Å². The first-order chi connectivity index (χ1) is 16.7. The summed E-state index contributed by atoms with van der Waals surface area (Å²) < 4.78 is 22.7. The normalized spacial score (nSPS) is 16.3. The molecule has 11 nitrogen and oxygen atoms in total. The van der Waals surface area contributed by atoms with Crippen LogP contribution >= 0.6 is 0 Å². The molecule has 194 valence electrons. The molecule has 5 N–H and O–H groups in total. The van der Waals surface area contributed by atoms with Crippen molar-refractivity contribution in [3.8, 4) is 0 Å². The molecule has 1 aliphatic carbocycles. The number of nitrogens with two attached hydrogens (primary N) is 1. The van der Waals surface area contributed by atoms with E-state index in [1.807, 2.05) is 0 Å². The first-order valence-corrected chi connectivity index (χ1v) is 13.6. The van der Waals surface area contributed by atoms with Crippen LogP contribution in [0, 0.1) is 0 Å². The average molecular weight is 509 g/mol. The van der Waals surface area contributed by atoms with E-state index in [9.17, 15) is 22.8 Å². The van der Waals surface area contributed by atoms with E-state index in [2.05, 4.69) is 20.9 Å². The number of amides is 3. The van der Waals surface area contributed by atoms with Gasteiger partial charge in [-0.15, -0.1) is 0 Å². The van der Waals surface area contributed by atoms with Crippen molar-refractivity contribution in [2.24, 2.45) is 5.14 Å². The van der Waals surface area contributed by atoms with Crippen LogP contribution in [0.15, 0.2) is 29.2 Å². The summed E-state index contributed by atoms with van der Waals surface area (Å²) in [6, 6.07) is 6.39. The molecule has 2 fully saturated rings. The minimum atomic E-state index is -3.75. The van der Waals surface area contributed by atoms with E-state index in [0.717, 1.165) is 42.9 Å². The fourth-order valence-corrected chi connectivity index (χ4v) is 4.37. The highest BCUT2D eigenvalue weighted by Gasteiger charge is 2.27. The van der Waals surface area contributed by atoms with Gasteiger partial charge in [-0.3, -0.25) is 19.3 Å². The molecule has 2 aliphatic rings. The van der Waals surface area contributed by atoms with Crippen molar-refractivity contribution in [3.63, 3.8) is 0 Å². The quantitative estimate of drug-likeness (QED) is 0.228. The second-order valence-corrected chi connectivity index (χ2v) is 10.6. The van der Waals surface area contributed by atoms with Crippen molar-refractivity contribution in [2.75, 3.05) is 52.4 Å². The number of hydrogen-bond acceptors (Lipinski definition) is 8. The molecular formula is C23H36N6O5S. The van der Waals surface area contributed by atoms with Gasteiger partial charge in [0.2, 0.25) is 27.7 Å². The van der Waals surface area contributed by atoms with Crippen LogP contribution in [0.3, 0.4) is 0 Å². The predicted molar refractivity (Wildman–Crippen MR) is 131 cm³/mol. The molecule has 0 aromatic heterocycles. The summed E-state index contributed by atoms with van der Waals surface area (Å²) in [5, 5.41) is 14.0. The van der Waals surface area contributed by atoms with Crippen molar-refractivity contribution in [1.82, 2.24) is 25.8 Å². The molecule has 0 spiro atoms. The van der Waals surface area contributed by atoms with Gasteiger partial charge in [0.25, 0.3) is 0 Å². The van der Waals surface area contributed by atoms with Gasteiger partial charge >= 0.3 is 0 Å². The van der Waals surface area contributed by atoms with E-state index in [0.29, 0.717) is 19.0 Å². The maximum absolute atomic E-state index is 12.7. The Morgan fingerprint density at radius 1 is 1.00 bits per heavy atom. The minimum absolute atomic E-state index is 0.00725. The molecule has 1 saturated heterocycles. The number of primary sulfonamides is 1. The van der Waals surface area contributed by atoms with Gasteiger partial charge in [0.15, 0.2) is 0 Å². The van der Waals surface area contributed by atoms with Crippen LogP contribution in [0.2, 0.25) is 0 Å². The van der Waals surface area contributed by atoms with Gasteiger partial charge in [-0.05, 0) is 62.9 Å². The van der Waals surface area contributed by atoms with E-state index in [1.54, 1.807) is 12.1 Å². The van der Waals surface area contributed by atoms with Crippen LogP contribution in [0.25, 0.3) is 0 Å². The lowest BCUT2D eigenvalue weighted by atomic mass is 10.1. The van der Waals surface area contributed by atoms with Gasteiger partial charge in [0.05, 0.1) is 18.0 Å². The Bertz CT molecular complexity index is 975. The summed E-state index contributed by atoms with van der Waals surface area (Å²) in [7, 11) is -3.75. The second-order valence-electron chi connectivity index (χ2n) is 9.04. The molecule has 0 bridgehead atoms. The largest absolute Gasteiger partial charge is 0.354 e. The molecule has 0 unspecified atom stereocenters. The van der Waals surface area contributed by atoms with E-state index in [-0.39, 0.29) is 31.1 Å². The zero-order valence-corrected chi connectivity index (χ0v) is 20.8. The molecule has 1 aromatic rings. The number of sulfonamides is 1. The molecule has 1 aromatic carbocycles. The molecule has 12 heteroatoms. The summed E-state index contributed by atoms with van der Waals surface area (Å²) >= 11 is 0. The molecule has 3 amide bonds. The van der Waals surface area contributed by atoms with Crippen molar-refractivity contribution in [3.05, 3.63) is 29.8 Å². The predicted octanol–water partition coefficient (Wildman–Crippen LogP) is -1.21. The highest BCUT2D eigenvalue weighted by atomic mass is 32.2. The van der Waals surface area contributed by atoms with Crippen molar-refractivity contribution >= 4 is 27.7 Å². The van der Waals surface area contributed by atoms with Gasteiger partial charge in [-0.1, -0.05) is 12.1 Å². The van der Waals surface area contributed by atoms with Gasteiger partial charge in [0, 0.05) is 25.7 Å². The highest BCUT2D eigenvalue weighted by molar-refractivity contribution is 7.89. The number of carbonyl (C=O) groups is 3. The lowest BCUT2D eigenvalue weighted by Gasteiger charge is -2.21. The zero-order chi connectivity index (χ0) is 25.3. The van der Waals surface area contributed by atoms with Crippen LogP contribution in [-0.2, 0) is 30.8 Å². The number of benzene rings is 1. The average Bonchev–Trinajstić information content (AvgIpc) is 3.51. The summed E-state index contributed by atoms with van der Waals surface area (Å²) in [4.78, 5) is 41.3. The third kappa shape index (κ3) is 9.65. The Labute approximate surface area is 206 Å². The van der Waals surface area contributed by atoms with Crippen molar-refractivity contribution in [2.45, 2.75) is 43.0 Å². The molecule has 0 radical (unpaired) electrons. The SMILES string of the molecule is NS(=O)(=O)c1ccc(CCNC(=O)CN(C(=O)CNCCN2CCCC2)C(=O)CNC2CC2)cc1. The molecule has 1 aliphatic heterocycles. The Balaban J connectivity index is 1.44. The van der Waals surface area contributed by atoms with E-state index in [4.69, 9.17) is 5.14 Å². The fourth-order valence-electron chi connectivity index (χ4n) is 3.86. The first-order valence-electron chi connectivity index (χ1n) is 12.1. The zero-order valence-electron chi connectivity index (χ0n) is 20.0. The van der Waals surface area contributed by atoms with Crippen molar-refractivity contribution < 1.29 is 22.8 Å². The molecular weight excluding hydrogens is 472 g/mol. The maximum Gasteiger partial charge on any atom is 0.243 e. The Morgan fingerprint density at radius 2 is 1.66 bits per heavy atom. The van der Waals surface area contributed by atoms with Gasteiger partial charge < -0.3 is 20.9 Å². The summed E-state index contributed by atoms with van der Waals surface area (Å²) in [5.41, 5.74) is 0.817. The number of rotatable bonds is 14. The van der Waals surface area contributed by atoms with Crippen LogP contribution < -0.4 is 21.1 Å². The number of likely N-dealkylation sites (tertiary alicyclic amines) is 1. The number of carbonyl (C=O) groups excluding carboxylic acids is 3. The minimum Gasteiger partial charge on any atom is -0.354 e. The molecule has 3 rings (SSSR count). The molecule has 1 saturated carbocycles. The smallest absolute Gasteiger partial charge is 0.243 e. The molecule has 1 heterocycles. The summed E-state index contributed by atoms with van der Waals surface area (Å²) in [6.07, 6.45) is 4.88. The third-order valence-electron chi connectivity index (χ3n) is 6.09. The topological polar surface area (TPSA) is 154 Å². The van der Waals surface area contributed by atoms with E-state index < -0.39 is 27.7 Å². The summed E-state index contributed by atoms with van der Waals surface area (Å²) in [6.45, 7) is 3.58. The van der Waals surface area contributed by atoms with Crippen LogP contribution in [0.1, 0.15) is 31.2 Å². The third-order valence-corrected chi connectivity index (χ3v) is 7.02. The van der Waals surface area contributed by atoms with Crippen LogP contribution in [-0.4, -0.2) is 94.3 Å². The Kier molecular flexibility index (Phi) is 10.2.